The summed E-state index contributed by atoms with van der Waals surface area (Å²) in [6.45, 7) is 5.39. The van der Waals surface area contributed by atoms with Crippen molar-refractivity contribution >= 4 is 0 Å². The molecule has 1 nitrogen and oxygen atoms in total. The summed E-state index contributed by atoms with van der Waals surface area (Å²) in [7, 11) is 0. The van der Waals surface area contributed by atoms with E-state index in [1.165, 1.54) is 6.42 Å². The van der Waals surface area contributed by atoms with Gasteiger partial charge in [-0.1, -0.05) is 26.0 Å². The molecule has 1 rings (SSSR count). The number of allylic oxidation sites excluding steroid dienone is 2. The lowest BCUT2D eigenvalue weighted by Gasteiger charge is -2.18. The molecular formula is C9H17N. The number of hydrogen-bond donors (Lipinski definition) is 1. The molecule has 0 aliphatic heterocycles. The van der Waals surface area contributed by atoms with Gasteiger partial charge in [-0.25, -0.2) is 0 Å². The van der Waals surface area contributed by atoms with Gasteiger partial charge in [0.05, 0.1) is 0 Å². The first-order valence-corrected chi connectivity index (χ1v) is 4.14. The summed E-state index contributed by atoms with van der Waals surface area (Å²) in [4.78, 5) is 0. The summed E-state index contributed by atoms with van der Waals surface area (Å²) in [5, 5.41) is 0. The van der Waals surface area contributed by atoms with E-state index in [0.29, 0.717) is 0 Å². The maximum Gasteiger partial charge on any atom is -0.00742 e. The van der Waals surface area contributed by atoms with Gasteiger partial charge in [-0.05, 0) is 30.7 Å². The molecule has 2 atom stereocenters. The minimum atomic E-state index is 0.749. The Hall–Kier alpha value is -0.300. The molecule has 0 aromatic carbocycles. The molecule has 0 spiro atoms. The highest BCUT2D eigenvalue weighted by atomic mass is 14.5. The summed E-state index contributed by atoms with van der Waals surface area (Å²) in [5.41, 5.74) is 5.50. The van der Waals surface area contributed by atoms with Crippen molar-refractivity contribution in [3.05, 3.63) is 12.2 Å². The topological polar surface area (TPSA) is 26.0 Å². The van der Waals surface area contributed by atoms with Crippen LogP contribution in [0.2, 0.25) is 0 Å². The lowest BCUT2D eigenvalue weighted by atomic mass is 9.87. The van der Waals surface area contributed by atoms with Crippen LogP contribution in [0.3, 0.4) is 0 Å². The van der Waals surface area contributed by atoms with Gasteiger partial charge < -0.3 is 5.73 Å². The number of nitrogens with two attached hydrogens (primary N) is 1. The fourth-order valence-corrected chi connectivity index (χ4v) is 1.83. The second kappa shape index (κ2) is 3.20. The SMILES string of the molecule is CC1C=CC(C)C1CCN. The van der Waals surface area contributed by atoms with Crippen LogP contribution < -0.4 is 5.73 Å². The molecule has 1 aliphatic rings. The quantitative estimate of drug-likeness (QED) is 0.580. The van der Waals surface area contributed by atoms with Crippen LogP contribution in [0.4, 0.5) is 0 Å². The highest BCUT2D eigenvalue weighted by molar-refractivity contribution is 5.03. The van der Waals surface area contributed by atoms with E-state index < -0.39 is 0 Å². The zero-order valence-corrected chi connectivity index (χ0v) is 6.88. The molecule has 10 heavy (non-hydrogen) atoms. The van der Waals surface area contributed by atoms with E-state index in [1.54, 1.807) is 0 Å². The van der Waals surface area contributed by atoms with Crippen LogP contribution in [-0.2, 0) is 0 Å². The minimum Gasteiger partial charge on any atom is -0.330 e. The third kappa shape index (κ3) is 1.40. The molecule has 1 aliphatic carbocycles. The first-order chi connectivity index (χ1) is 4.75. The van der Waals surface area contributed by atoms with Crippen molar-refractivity contribution in [2.45, 2.75) is 20.3 Å². The first-order valence-electron chi connectivity index (χ1n) is 4.14. The van der Waals surface area contributed by atoms with E-state index >= 15 is 0 Å². The van der Waals surface area contributed by atoms with Gasteiger partial charge in [-0.15, -0.1) is 0 Å². The molecule has 0 aromatic rings. The molecule has 0 heterocycles. The lowest BCUT2D eigenvalue weighted by Crippen LogP contribution is -2.16. The Bertz CT molecular complexity index is 117. The largest absolute Gasteiger partial charge is 0.330 e. The monoisotopic (exact) mass is 139 g/mol. The highest BCUT2D eigenvalue weighted by Crippen LogP contribution is 2.32. The van der Waals surface area contributed by atoms with Crippen molar-refractivity contribution in [3.63, 3.8) is 0 Å². The van der Waals surface area contributed by atoms with E-state index in [9.17, 15) is 0 Å². The highest BCUT2D eigenvalue weighted by Gasteiger charge is 2.23. The van der Waals surface area contributed by atoms with Gasteiger partial charge in [0.1, 0.15) is 0 Å². The Morgan fingerprint density at radius 3 is 2.10 bits per heavy atom. The van der Waals surface area contributed by atoms with Gasteiger partial charge in [-0.2, -0.15) is 0 Å². The van der Waals surface area contributed by atoms with Gasteiger partial charge >= 0.3 is 0 Å². The van der Waals surface area contributed by atoms with Crippen LogP contribution in [-0.4, -0.2) is 6.54 Å². The second-order valence-electron chi connectivity index (χ2n) is 3.34. The van der Waals surface area contributed by atoms with Gasteiger partial charge in [0.2, 0.25) is 0 Å². The van der Waals surface area contributed by atoms with Gasteiger partial charge in [0.15, 0.2) is 0 Å². The fourth-order valence-electron chi connectivity index (χ4n) is 1.83. The number of rotatable bonds is 2. The van der Waals surface area contributed by atoms with Crippen molar-refractivity contribution in [1.82, 2.24) is 0 Å². The van der Waals surface area contributed by atoms with Gasteiger partial charge in [-0.3, -0.25) is 0 Å². The third-order valence-corrected chi connectivity index (χ3v) is 2.57. The standard InChI is InChI=1S/C9H17N/c1-7-3-4-8(2)9(7)5-6-10/h3-4,7-9H,5-6,10H2,1-2H3. The van der Waals surface area contributed by atoms with E-state index in [-0.39, 0.29) is 0 Å². The first kappa shape index (κ1) is 7.80. The van der Waals surface area contributed by atoms with E-state index in [2.05, 4.69) is 26.0 Å². The van der Waals surface area contributed by atoms with Crippen LogP contribution in [0.1, 0.15) is 20.3 Å². The van der Waals surface area contributed by atoms with Crippen LogP contribution in [0, 0.1) is 17.8 Å². The van der Waals surface area contributed by atoms with Crippen LogP contribution in [0.25, 0.3) is 0 Å². The average molecular weight is 139 g/mol. The molecule has 0 saturated carbocycles. The summed E-state index contributed by atoms with van der Waals surface area (Å²) < 4.78 is 0. The molecule has 0 fully saturated rings. The summed E-state index contributed by atoms with van der Waals surface area (Å²) in [6, 6.07) is 0. The van der Waals surface area contributed by atoms with E-state index in [0.717, 1.165) is 24.3 Å². The molecule has 0 amide bonds. The molecule has 0 saturated heterocycles. The molecule has 2 unspecified atom stereocenters. The van der Waals surface area contributed by atoms with Crippen molar-refractivity contribution in [2.75, 3.05) is 6.54 Å². The van der Waals surface area contributed by atoms with Crippen LogP contribution >= 0.6 is 0 Å². The Balaban J connectivity index is 2.43. The Kier molecular flexibility index (Phi) is 2.50. The summed E-state index contributed by atoms with van der Waals surface area (Å²) in [5.74, 6) is 2.31. The van der Waals surface area contributed by atoms with Crippen molar-refractivity contribution in [2.24, 2.45) is 23.5 Å². The molecule has 1 heteroatoms. The second-order valence-corrected chi connectivity index (χ2v) is 3.34. The fraction of sp³-hybridized carbons (Fsp3) is 0.778. The lowest BCUT2D eigenvalue weighted by molar-refractivity contribution is 0.350. The predicted molar refractivity (Wildman–Crippen MR) is 44.6 cm³/mol. The van der Waals surface area contributed by atoms with Crippen LogP contribution in [0.15, 0.2) is 12.2 Å². The Morgan fingerprint density at radius 2 is 1.70 bits per heavy atom. The van der Waals surface area contributed by atoms with E-state index in [4.69, 9.17) is 5.73 Å². The molecule has 0 radical (unpaired) electrons. The average Bonchev–Trinajstić information content (AvgIpc) is 2.20. The molecular weight excluding hydrogens is 122 g/mol. The van der Waals surface area contributed by atoms with Gasteiger partial charge in [0, 0.05) is 0 Å². The summed E-state index contributed by atoms with van der Waals surface area (Å²) >= 11 is 0. The maximum atomic E-state index is 5.50. The van der Waals surface area contributed by atoms with Crippen LogP contribution in [0.5, 0.6) is 0 Å². The van der Waals surface area contributed by atoms with Crippen molar-refractivity contribution in [3.8, 4) is 0 Å². The zero-order valence-electron chi connectivity index (χ0n) is 6.88. The molecule has 0 bridgehead atoms. The molecule has 2 N–H and O–H groups in total. The smallest absolute Gasteiger partial charge is 0.00742 e. The third-order valence-electron chi connectivity index (χ3n) is 2.57. The van der Waals surface area contributed by atoms with Crippen molar-refractivity contribution < 1.29 is 0 Å². The Labute approximate surface area is 63.3 Å². The minimum absolute atomic E-state index is 0.749. The van der Waals surface area contributed by atoms with E-state index in [1.807, 2.05) is 0 Å². The number of hydrogen-bond acceptors (Lipinski definition) is 1. The Morgan fingerprint density at radius 1 is 1.20 bits per heavy atom. The maximum absolute atomic E-state index is 5.50. The molecule has 0 aromatic heterocycles. The predicted octanol–water partition coefficient (Wildman–Crippen LogP) is 1.79. The summed E-state index contributed by atoms with van der Waals surface area (Å²) in [6.07, 6.45) is 5.80. The zero-order chi connectivity index (χ0) is 7.56. The van der Waals surface area contributed by atoms with Crippen molar-refractivity contribution in [1.29, 1.82) is 0 Å². The molecule has 58 valence electrons. The van der Waals surface area contributed by atoms with Gasteiger partial charge in [0.25, 0.3) is 0 Å². The normalized spacial score (nSPS) is 38.9.